The Kier molecular flexibility index (Phi) is 6.20. The first kappa shape index (κ1) is 18.9. The van der Waals surface area contributed by atoms with Gasteiger partial charge in [-0.2, -0.15) is 0 Å². The van der Waals surface area contributed by atoms with Crippen LogP contribution in [0, 0.1) is 0 Å². The van der Waals surface area contributed by atoms with Gasteiger partial charge in [0.05, 0.1) is 5.69 Å². The highest BCUT2D eigenvalue weighted by Gasteiger charge is 2.23. The average Bonchev–Trinajstić information content (AvgIpc) is 3.22. The van der Waals surface area contributed by atoms with Crippen LogP contribution in [0.15, 0.2) is 71.3 Å². The fourth-order valence-electron chi connectivity index (χ4n) is 4.00. The molecule has 0 aliphatic carbocycles. The van der Waals surface area contributed by atoms with Crippen molar-refractivity contribution in [3.63, 3.8) is 0 Å². The second kappa shape index (κ2) is 9.18. The number of benzene rings is 2. The van der Waals surface area contributed by atoms with E-state index >= 15 is 0 Å². The van der Waals surface area contributed by atoms with Gasteiger partial charge in [0.1, 0.15) is 6.26 Å². The number of likely N-dealkylation sites (tertiary alicyclic amines) is 1. The van der Waals surface area contributed by atoms with Gasteiger partial charge in [0.2, 0.25) is 5.89 Å². The van der Waals surface area contributed by atoms with Crippen molar-refractivity contribution < 1.29 is 4.42 Å². The Morgan fingerprint density at radius 3 is 2.61 bits per heavy atom. The van der Waals surface area contributed by atoms with E-state index in [4.69, 9.17) is 4.42 Å². The Labute approximate surface area is 167 Å². The number of likely N-dealkylation sites (N-methyl/N-ethyl adjacent to an activating group) is 1. The van der Waals surface area contributed by atoms with Crippen LogP contribution in [0.4, 0.5) is 0 Å². The largest absolute Gasteiger partial charge is 0.444 e. The molecule has 1 aliphatic rings. The number of piperidine rings is 1. The molecule has 1 fully saturated rings. The first-order chi connectivity index (χ1) is 13.8. The van der Waals surface area contributed by atoms with E-state index in [0.29, 0.717) is 11.9 Å². The molecule has 1 atom stereocenters. The van der Waals surface area contributed by atoms with Gasteiger partial charge >= 0.3 is 0 Å². The zero-order chi connectivity index (χ0) is 19.2. The van der Waals surface area contributed by atoms with E-state index in [-0.39, 0.29) is 0 Å². The number of hydrogen-bond donors (Lipinski definition) is 0. The highest BCUT2D eigenvalue weighted by molar-refractivity contribution is 5.52. The molecule has 1 aliphatic heterocycles. The number of oxazole rings is 1. The van der Waals surface area contributed by atoms with Crippen molar-refractivity contribution in [2.24, 2.45) is 0 Å². The zero-order valence-corrected chi connectivity index (χ0v) is 16.6. The molecule has 0 bridgehead atoms. The topological polar surface area (TPSA) is 32.5 Å². The summed E-state index contributed by atoms with van der Waals surface area (Å²) in [5, 5.41) is 0. The molecule has 4 rings (SSSR count). The molecular weight excluding hydrogens is 346 g/mol. The van der Waals surface area contributed by atoms with Gasteiger partial charge in [0, 0.05) is 31.2 Å². The molecule has 146 valence electrons. The van der Waals surface area contributed by atoms with Gasteiger partial charge in [0.25, 0.3) is 0 Å². The van der Waals surface area contributed by atoms with Crippen molar-refractivity contribution in [2.45, 2.75) is 31.8 Å². The lowest BCUT2D eigenvalue weighted by Gasteiger charge is -2.37. The molecule has 0 saturated carbocycles. The number of rotatable bonds is 7. The van der Waals surface area contributed by atoms with Crippen LogP contribution < -0.4 is 0 Å². The van der Waals surface area contributed by atoms with Gasteiger partial charge in [0.15, 0.2) is 0 Å². The average molecular weight is 376 g/mol. The summed E-state index contributed by atoms with van der Waals surface area (Å²) in [5.74, 6) is 0.706. The molecule has 1 aromatic heterocycles. The van der Waals surface area contributed by atoms with Gasteiger partial charge in [-0.1, -0.05) is 48.5 Å². The highest BCUT2D eigenvalue weighted by atomic mass is 16.3. The van der Waals surface area contributed by atoms with E-state index in [1.165, 1.54) is 24.9 Å². The SMILES string of the molecule is CN(Cc1coc(-c2ccccc2)n1)[C@@H]1CCCN(CCc2ccccc2)C1. The highest BCUT2D eigenvalue weighted by Crippen LogP contribution is 2.21. The number of nitrogens with zero attached hydrogens (tertiary/aromatic N) is 3. The Morgan fingerprint density at radius 1 is 1.07 bits per heavy atom. The van der Waals surface area contributed by atoms with Gasteiger partial charge in [-0.25, -0.2) is 4.98 Å². The molecule has 0 amide bonds. The fourth-order valence-corrected chi connectivity index (χ4v) is 4.00. The Balaban J connectivity index is 1.30. The summed E-state index contributed by atoms with van der Waals surface area (Å²) in [7, 11) is 2.21. The van der Waals surface area contributed by atoms with Crippen LogP contribution in [-0.2, 0) is 13.0 Å². The molecule has 0 radical (unpaired) electrons. The van der Waals surface area contributed by atoms with Crippen molar-refractivity contribution in [1.29, 1.82) is 0 Å². The lowest BCUT2D eigenvalue weighted by Crippen LogP contribution is -2.46. The van der Waals surface area contributed by atoms with E-state index in [1.807, 2.05) is 30.3 Å². The van der Waals surface area contributed by atoms with Gasteiger partial charge in [-0.3, -0.25) is 4.90 Å². The van der Waals surface area contributed by atoms with E-state index in [0.717, 1.165) is 37.3 Å². The predicted octanol–water partition coefficient (Wildman–Crippen LogP) is 4.48. The Hall–Kier alpha value is -2.43. The molecule has 4 heteroatoms. The van der Waals surface area contributed by atoms with Crippen LogP contribution in [-0.4, -0.2) is 47.5 Å². The van der Waals surface area contributed by atoms with Gasteiger partial charge < -0.3 is 9.32 Å². The van der Waals surface area contributed by atoms with Gasteiger partial charge in [-0.15, -0.1) is 0 Å². The zero-order valence-electron chi connectivity index (χ0n) is 16.6. The Morgan fingerprint density at radius 2 is 1.82 bits per heavy atom. The second-order valence-electron chi connectivity index (χ2n) is 7.76. The van der Waals surface area contributed by atoms with Crippen LogP contribution in [0.1, 0.15) is 24.1 Å². The van der Waals surface area contributed by atoms with Crippen LogP contribution in [0.5, 0.6) is 0 Å². The maximum Gasteiger partial charge on any atom is 0.226 e. The van der Waals surface area contributed by atoms with Crippen molar-refractivity contribution >= 4 is 0 Å². The third-order valence-corrected chi connectivity index (χ3v) is 5.65. The molecule has 0 unspecified atom stereocenters. The van der Waals surface area contributed by atoms with E-state index < -0.39 is 0 Å². The van der Waals surface area contributed by atoms with E-state index in [1.54, 1.807) is 6.26 Å². The summed E-state index contributed by atoms with van der Waals surface area (Å²) in [6.45, 7) is 4.30. The summed E-state index contributed by atoms with van der Waals surface area (Å²) in [4.78, 5) is 9.73. The monoisotopic (exact) mass is 375 g/mol. The molecule has 2 heterocycles. The lowest BCUT2D eigenvalue weighted by molar-refractivity contribution is 0.112. The van der Waals surface area contributed by atoms with Crippen molar-refractivity contribution in [3.05, 3.63) is 78.2 Å². The molecule has 0 spiro atoms. The fraction of sp³-hybridized carbons (Fsp3) is 0.375. The molecular formula is C24H29N3O. The second-order valence-corrected chi connectivity index (χ2v) is 7.76. The van der Waals surface area contributed by atoms with Crippen LogP contribution in [0.25, 0.3) is 11.5 Å². The van der Waals surface area contributed by atoms with Crippen LogP contribution in [0.2, 0.25) is 0 Å². The molecule has 3 aromatic rings. The minimum absolute atomic E-state index is 0.571. The normalized spacial score (nSPS) is 17.9. The lowest BCUT2D eigenvalue weighted by atomic mass is 10.0. The standard InChI is InChI=1S/C24H29N3O/c1-26(17-22-19-28-24(25-22)21-11-6-3-7-12-21)23-13-8-15-27(18-23)16-14-20-9-4-2-5-10-20/h2-7,9-12,19,23H,8,13-18H2,1H3/t23-/m1/s1. The summed E-state index contributed by atoms with van der Waals surface area (Å²) in [6.07, 6.45) is 5.44. The first-order valence-corrected chi connectivity index (χ1v) is 10.2. The van der Waals surface area contributed by atoms with Crippen molar-refractivity contribution in [2.75, 3.05) is 26.7 Å². The Bertz CT molecular complexity index is 847. The quantitative estimate of drug-likeness (QED) is 0.609. The third kappa shape index (κ3) is 4.89. The van der Waals surface area contributed by atoms with E-state index in [9.17, 15) is 0 Å². The smallest absolute Gasteiger partial charge is 0.226 e. The minimum atomic E-state index is 0.571. The van der Waals surface area contributed by atoms with E-state index in [2.05, 4.69) is 52.2 Å². The van der Waals surface area contributed by atoms with Crippen LogP contribution >= 0.6 is 0 Å². The molecule has 4 nitrogen and oxygen atoms in total. The summed E-state index contributed by atoms with van der Waals surface area (Å²) in [6, 6.07) is 21.5. The first-order valence-electron chi connectivity index (χ1n) is 10.2. The van der Waals surface area contributed by atoms with Crippen molar-refractivity contribution in [3.8, 4) is 11.5 Å². The summed E-state index contributed by atoms with van der Waals surface area (Å²) < 4.78 is 5.70. The molecule has 0 N–H and O–H groups in total. The maximum atomic E-state index is 5.70. The van der Waals surface area contributed by atoms with Crippen LogP contribution in [0.3, 0.4) is 0 Å². The number of aromatic nitrogens is 1. The maximum absolute atomic E-state index is 5.70. The molecule has 1 saturated heterocycles. The number of hydrogen-bond acceptors (Lipinski definition) is 4. The van der Waals surface area contributed by atoms with Gasteiger partial charge in [-0.05, 0) is 50.6 Å². The minimum Gasteiger partial charge on any atom is -0.444 e. The molecule has 2 aromatic carbocycles. The molecule has 28 heavy (non-hydrogen) atoms. The third-order valence-electron chi connectivity index (χ3n) is 5.65. The predicted molar refractivity (Wildman–Crippen MR) is 113 cm³/mol. The summed E-state index contributed by atoms with van der Waals surface area (Å²) >= 11 is 0. The van der Waals surface area contributed by atoms with Crippen molar-refractivity contribution in [1.82, 2.24) is 14.8 Å². The summed E-state index contributed by atoms with van der Waals surface area (Å²) in [5.41, 5.74) is 3.46.